The Hall–Kier alpha value is -0.940. The third-order valence-corrected chi connectivity index (χ3v) is 4.92. The van der Waals surface area contributed by atoms with Crippen molar-refractivity contribution < 1.29 is 17.6 Å². The van der Waals surface area contributed by atoms with E-state index < -0.39 is 26.2 Å². The number of hydrogen-bond acceptors (Lipinski definition) is 3. The van der Waals surface area contributed by atoms with Gasteiger partial charge in [-0.25, -0.2) is 12.8 Å². The molecule has 94 valence electrons. The van der Waals surface area contributed by atoms with E-state index in [0.29, 0.717) is 0 Å². The second kappa shape index (κ2) is 4.38. The summed E-state index contributed by atoms with van der Waals surface area (Å²) in [4.78, 5) is 12.0. The fourth-order valence-electron chi connectivity index (χ4n) is 1.17. The molecule has 0 aliphatic carbocycles. The molecule has 3 nitrogen and oxygen atoms in total. The Bertz CT molecular complexity index is 564. The zero-order chi connectivity index (χ0) is 13.4. The highest BCUT2D eigenvalue weighted by Gasteiger charge is 2.39. The van der Waals surface area contributed by atoms with Gasteiger partial charge in [-0.05, 0) is 32.0 Å². The van der Waals surface area contributed by atoms with E-state index in [4.69, 9.17) is 11.6 Å². The van der Waals surface area contributed by atoms with E-state index >= 15 is 0 Å². The van der Waals surface area contributed by atoms with Gasteiger partial charge in [0.05, 0.1) is 5.56 Å². The summed E-state index contributed by atoms with van der Waals surface area (Å²) < 4.78 is 34.8. The van der Waals surface area contributed by atoms with Crippen molar-refractivity contribution in [1.82, 2.24) is 0 Å². The van der Waals surface area contributed by atoms with Crippen LogP contribution in [0.15, 0.2) is 18.2 Å². The molecule has 1 aromatic rings. The second-order valence-corrected chi connectivity index (χ2v) is 7.24. The molecule has 0 atom stereocenters. The quantitative estimate of drug-likeness (QED) is 0.798. The van der Waals surface area contributed by atoms with Crippen molar-refractivity contribution in [3.05, 3.63) is 34.6 Å². The molecular formula is C11H12ClFO3S. The normalized spacial score (nSPS) is 12.5. The molecule has 6 heteroatoms. The van der Waals surface area contributed by atoms with Crippen molar-refractivity contribution in [3.8, 4) is 0 Å². The van der Waals surface area contributed by atoms with Crippen molar-refractivity contribution in [2.75, 3.05) is 6.26 Å². The first-order valence-corrected chi connectivity index (χ1v) is 7.04. The van der Waals surface area contributed by atoms with Crippen molar-refractivity contribution in [3.63, 3.8) is 0 Å². The fraction of sp³-hybridized carbons (Fsp3) is 0.364. The molecule has 0 unspecified atom stereocenters. The topological polar surface area (TPSA) is 51.2 Å². The number of carbonyl (C=O) groups is 1. The van der Waals surface area contributed by atoms with Crippen molar-refractivity contribution in [2.24, 2.45) is 0 Å². The van der Waals surface area contributed by atoms with Crippen LogP contribution >= 0.6 is 11.6 Å². The summed E-state index contributed by atoms with van der Waals surface area (Å²) in [5.41, 5.74) is -0.273. The van der Waals surface area contributed by atoms with Crippen molar-refractivity contribution in [1.29, 1.82) is 0 Å². The van der Waals surface area contributed by atoms with E-state index in [0.717, 1.165) is 12.3 Å². The highest BCUT2D eigenvalue weighted by Crippen LogP contribution is 2.24. The molecule has 0 radical (unpaired) electrons. The first-order valence-electron chi connectivity index (χ1n) is 4.77. The second-order valence-electron chi connectivity index (χ2n) is 4.24. The molecular weight excluding hydrogens is 267 g/mol. The third-order valence-electron chi connectivity index (χ3n) is 2.65. The fourth-order valence-corrected chi connectivity index (χ4v) is 1.77. The number of ketones is 1. The van der Waals surface area contributed by atoms with Crippen LogP contribution in [0.2, 0.25) is 5.02 Å². The molecule has 0 aromatic heterocycles. The smallest absolute Gasteiger partial charge is 0.186 e. The van der Waals surface area contributed by atoms with Gasteiger partial charge in [0.15, 0.2) is 15.6 Å². The van der Waals surface area contributed by atoms with E-state index in [1.54, 1.807) is 0 Å². The lowest BCUT2D eigenvalue weighted by atomic mass is 10.00. The van der Waals surface area contributed by atoms with Crippen molar-refractivity contribution in [2.45, 2.75) is 18.6 Å². The van der Waals surface area contributed by atoms with Crippen LogP contribution in [-0.4, -0.2) is 25.2 Å². The number of Topliss-reactive ketones (excluding diaryl/α,β-unsaturated/α-hetero) is 1. The van der Waals surface area contributed by atoms with Crippen LogP contribution in [0.3, 0.4) is 0 Å². The molecule has 0 N–H and O–H groups in total. The predicted octanol–water partition coefficient (Wildman–Crippen LogP) is 2.49. The molecule has 0 heterocycles. The average Bonchev–Trinajstić information content (AvgIpc) is 2.14. The van der Waals surface area contributed by atoms with Crippen LogP contribution in [0, 0.1) is 5.82 Å². The summed E-state index contributed by atoms with van der Waals surface area (Å²) in [5.74, 6) is -1.60. The molecule has 17 heavy (non-hydrogen) atoms. The highest BCUT2D eigenvalue weighted by molar-refractivity contribution is 7.92. The lowest BCUT2D eigenvalue weighted by molar-refractivity contribution is 0.0950. The first kappa shape index (κ1) is 14.1. The van der Waals surface area contributed by atoms with Gasteiger partial charge >= 0.3 is 0 Å². The van der Waals surface area contributed by atoms with Gasteiger partial charge < -0.3 is 0 Å². The molecule has 0 saturated carbocycles. The van der Waals surface area contributed by atoms with Gasteiger partial charge in [-0.15, -0.1) is 0 Å². The van der Waals surface area contributed by atoms with Crippen LogP contribution in [-0.2, 0) is 9.84 Å². The van der Waals surface area contributed by atoms with E-state index in [2.05, 4.69) is 0 Å². The van der Waals surface area contributed by atoms with E-state index in [1.807, 2.05) is 0 Å². The molecule has 0 fully saturated rings. The van der Waals surface area contributed by atoms with Crippen LogP contribution in [0.25, 0.3) is 0 Å². The van der Waals surface area contributed by atoms with Gasteiger partial charge in [0.1, 0.15) is 10.6 Å². The summed E-state index contributed by atoms with van der Waals surface area (Å²) in [6.07, 6.45) is 0.943. The van der Waals surface area contributed by atoms with E-state index in [-0.39, 0.29) is 10.6 Å². The summed E-state index contributed by atoms with van der Waals surface area (Å²) >= 11 is 5.56. The molecule has 0 bridgehead atoms. The van der Waals surface area contributed by atoms with Crippen molar-refractivity contribution >= 4 is 27.2 Å². The van der Waals surface area contributed by atoms with E-state index in [9.17, 15) is 17.6 Å². The van der Waals surface area contributed by atoms with Gasteiger partial charge in [-0.3, -0.25) is 4.79 Å². The molecule has 0 aliphatic rings. The van der Waals surface area contributed by atoms with Gasteiger partial charge in [0.2, 0.25) is 0 Å². The maximum Gasteiger partial charge on any atom is 0.186 e. The number of benzene rings is 1. The predicted molar refractivity (Wildman–Crippen MR) is 64.7 cm³/mol. The molecule has 0 aliphatic heterocycles. The van der Waals surface area contributed by atoms with Crippen LogP contribution in [0.1, 0.15) is 24.2 Å². The first-order chi connectivity index (χ1) is 7.57. The van der Waals surface area contributed by atoms with Gasteiger partial charge in [-0.2, -0.15) is 0 Å². The van der Waals surface area contributed by atoms with E-state index in [1.165, 1.54) is 26.0 Å². The van der Waals surface area contributed by atoms with Crippen LogP contribution < -0.4 is 0 Å². The standard InChI is InChI=1S/C11H12ClFO3S/c1-11(2,17(3,15)16)10(14)8-5-4-7(12)6-9(8)13/h4-6H,1-3H3. The minimum absolute atomic E-state index is 0.149. The minimum atomic E-state index is -3.63. The maximum absolute atomic E-state index is 13.5. The summed E-state index contributed by atoms with van der Waals surface area (Å²) in [5, 5.41) is 0.149. The third kappa shape index (κ3) is 2.66. The number of sulfone groups is 1. The summed E-state index contributed by atoms with van der Waals surface area (Å²) in [6.45, 7) is 2.50. The van der Waals surface area contributed by atoms with Gasteiger partial charge in [-0.1, -0.05) is 11.6 Å². The molecule has 0 spiro atoms. The number of carbonyl (C=O) groups excluding carboxylic acids is 1. The largest absolute Gasteiger partial charge is 0.292 e. The minimum Gasteiger partial charge on any atom is -0.292 e. The number of rotatable bonds is 3. The average molecular weight is 279 g/mol. The summed E-state index contributed by atoms with van der Waals surface area (Å²) in [7, 11) is -3.63. The maximum atomic E-state index is 13.5. The Kier molecular flexibility index (Phi) is 3.64. The Labute approximate surface area is 105 Å². The van der Waals surface area contributed by atoms with Gasteiger partial charge in [0.25, 0.3) is 0 Å². The highest BCUT2D eigenvalue weighted by atomic mass is 35.5. The summed E-state index contributed by atoms with van der Waals surface area (Å²) in [6, 6.07) is 3.51. The Morgan fingerprint density at radius 2 is 1.88 bits per heavy atom. The molecule has 0 saturated heterocycles. The zero-order valence-corrected chi connectivity index (χ0v) is 11.2. The molecule has 1 rings (SSSR count). The lowest BCUT2D eigenvalue weighted by Crippen LogP contribution is -2.40. The van der Waals surface area contributed by atoms with Gasteiger partial charge in [0, 0.05) is 11.3 Å². The number of halogens is 2. The number of hydrogen-bond donors (Lipinski definition) is 0. The Morgan fingerprint density at radius 1 is 1.35 bits per heavy atom. The van der Waals surface area contributed by atoms with Crippen LogP contribution in [0.4, 0.5) is 4.39 Å². The zero-order valence-electron chi connectivity index (χ0n) is 9.62. The molecule has 0 amide bonds. The molecule has 1 aromatic carbocycles. The Morgan fingerprint density at radius 3 is 2.29 bits per heavy atom. The Balaban J connectivity index is 3.32. The SMILES string of the molecule is CC(C)(C(=O)c1ccc(Cl)cc1F)S(C)(=O)=O. The lowest BCUT2D eigenvalue weighted by Gasteiger charge is -2.21. The monoisotopic (exact) mass is 278 g/mol. The van der Waals surface area contributed by atoms with Crippen LogP contribution in [0.5, 0.6) is 0 Å².